The van der Waals surface area contributed by atoms with Crippen molar-refractivity contribution >= 4 is 17.7 Å². The van der Waals surface area contributed by atoms with Crippen LogP contribution in [-0.2, 0) is 6.54 Å². The molecule has 0 aromatic heterocycles. The van der Waals surface area contributed by atoms with Crippen LogP contribution in [0.25, 0.3) is 0 Å². The van der Waals surface area contributed by atoms with E-state index in [1.165, 1.54) is 0 Å². The molecule has 0 saturated carbocycles. The first kappa shape index (κ1) is 22.5. The molecule has 156 valence electrons. The lowest BCUT2D eigenvalue weighted by Crippen LogP contribution is -2.47. The van der Waals surface area contributed by atoms with Crippen molar-refractivity contribution in [2.45, 2.75) is 66.0 Å². The number of carbonyl (C=O) groups excluding carboxylic acids is 2. The first-order valence-corrected chi connectivity index (χ1v) is 10.3. The Balaban J connectivity index is 2.16. The number of nitrogens with zero attached hydrogens (tertiary/aromatic N) is 1. The van der Waals surface area contributed by atoms with E-state index >= 15 is 0 Å². The molecule has 2 aromatic carbocycles. The van der Waals surface area contributed by atoms with Crippen LogP contribution in [0, 0.1) is 0 Å². The van der Waals surface area contributed by atoms with Crippen molar-refractivity contribution < 1.29 is 9.59 Å². The number of carbonyl (C=O) groups is 2. The third kappa shape index (κ3) is 6.08. The normalized spacial score (nSPS) is 11.1. The van der Waals surface area contributed by atoms with E-state index in [1.807, 2.05) is 62.4 Å². The molecule has 0 saturated heterocycles. The van der Waals surface area contributed by atoms with Gasteiger partial charge in [-0.3, -0.25) is 5.32 Å². The SMILES string of the molecule is CC(C)c1cccc(C(C)C)c1NC(=O)NC(=O)N(Cc1ccccc1)C(C)C. The van der Waals surface area contributed by atoms with Crippen LogP contribution in [0.5, 0.6) is 0 Å². The number of hydrogen-bond acceptors (Lipinski definition) is 2. The smallest absolute Gasteiger partial charge is 0.318 e. The molecule has 2 aromatic rings. The van der Waals surface area contributed by atoms with E-state index in [-0.39, 0.29) is 17.9 Å². The van der Waals surface area contributed by atoms with Crippen molar-refractivity contribution in [1.82, 2.24) is 10.2 Å². The molecule has 2 rings (SSSR count). The number of hydrogen-bond donors (Lipinski definition) is 2. The van der Waals surface area contributed by atoms with E-state index in [0.29, 0.717) is 6.54 Å². The molecule has 0 atom stereocenters. The molecule has 29 heavy (non-hydrogen) atoms. The second-order valence-electron chi connectivity index (χ2n) is 8.21. The maximum absolute atomic E-state index is 12.8. The first-order chi connectivity index (χ1) is 13.7. The molecule has 0 aliphatic carbocycles. The van der Waals surface area contributed by atoms with E-state index in [2.05, 4.69) is 38.3 Å². The van der Waals surface area contributed by atoms with Crippen LogP contribution < -0.4 is 10.6 Å². The van der Waals surface area contributed by atoms with E-state index in [0.717, 1.165) is 22.4 Å². The highest BCUT2D eigenvalue weighted by Gasteiger charge is 2.21. The quantitative estimate of drug-likeness (QED) is 0.622. The zero-order chi connectivity index (χ0) is 21.6. The average Bonchev–Trinajstić information content (AvgIpc) is 2.66. The number of anilines is 1. The molecule has 4 amide bonds. The number of imide groups is 1. The van der Waals surface area contributed by atoms with Gasteiger partial charge >= 0.3 is 12.1 Å². The lowest BCUT2D eigenvalue weighted by atomic mass is 9.93. The van der Waals surface area contributed by atoms with Gasteiger partial charge in [0.05, 0.1) is 0 Å². The molecule has 2 N–H and O–H groups in total. The minimum absolute atomic E-state index is 0.0443. The second kappa shape index (κ2) is 10.1. The van der Waals surface area contributed by atoms with E-state index in [4.69, 9.17) is 0 Å². The molecule has 5 heteroatoms. The lowest BCUT2D eigenvalue weighted by molar-refractivity contribution is 0.180. The minimum atomic E-state index is -0.510. The zero-order valence-electron chi connectivity index (χ0n) is 18.3. The van der Waals surface area contributed by atoms with Gasteiger partial charge in [0.1, 0.15) is 0 Å². The maximum atomic E-state index is 12.8. The molecule has 0 aliphatic rings. The van der Waals surface area contributed by atoms with Gasteiger partial charge < -0.3 is 10.2 Å². The van der Waals surface area contributed by atoms with Crippen LogP contribution in [-0.4, -0.2) is 23.0 Å². The Kier molecular flexibility index (Phi) is 7.82. The van der Waals surface area contributed by atoms with Gasteiger partial charge in [-0.05, 0) is 42.4 Å². The van der Waals surface area contributed by atoms with Crippen molar-refractivity contribution in [3.63, 3.8) is 0 Å². The summed E-state index contributed by atoms with van der Waals surface area (Å²) in [5, 5.41) is 5.43. The summed E-state index contributed by atoms with van der Waals surface area (Å²) < 4.78 is 0. The van der Waals surface area contributed by atoms with Crippen molar-refractivity contribution in [3.05, 3.63) is 65.2 Å². The number of benzene rings is 2. The van der Waals surface area contributed by atoms with Crippen molar-refractivity contribution in [2.75, 3.05) is 5.32 Å². The number of rotatable bonds is 6. The van der Waals surface area contributed by atoms with Gasteiger partial charge in [-0.2, -0.15) is 0 Å². The number of urea groups is 2. The fourth-order valence-corrected chi connectivity index (χ4v) is 3.28. The third-order valence-corrected chi connectivity index (χ3v) is 4.91. The average molecular weight is 396 g/mol. The molecule has 0 aliphatic heterocycles. The summed E-state index contributed by atoms with van der Waals surface area (Å²) >= 11 is 0. The Hall–Kier alpha value is -2.82. The fraction of sp³-hybridized carbons (Fsp3) is 0.417. The van der Waals surface area contributed by atoms with E-state index in [1.54, 1.807) is 4.90 Å². The van der Waals surface area contributed by atoms with Crippen LogP contribution in [0.4, 0.5) is 15.3 Å². The van der Waals surface area contributed by atoms with Crippen molar-refractivity contribution in [3.8, 4) is 0 Å². The summed E-state index contributed by atoms with van der Waals surface area (Å²) in [6, 6.07) is 14.8. The second-order valence-corrected chi connectivity index (χ2v) is 8.21. The monoisotopic (exact) mass is 395 g/mol. The minimum Gasteiger partial charge on any atom is -0.318 e. The Labute approximate surface area is 174 Å². The molecule has 0 bridgehead atoms. The predicted octanol–water partition coefficient (Wildman–Crippen LogP) is 6.09. The van der Waals surface area contributed by atoms with Gasteiger partial charge in [-0.25, -0.2) is 9.59 Å². The van der Waals surface area contributed by atoms with Crippen molar-refractivity contribution in [1.29, 1.82) is 0 Å². The summed E-state index contributed by atoms with van der Waals surface area (Å²) in [5.41, 5.74) is 3.93. The molecule has 0 heterocycles. The Morgan fingerprint density at radius 1 is 0.828 bits per heavy atom. The highest BCUT2D eigenvalue weighted by Crippen LogP contribution is 2.32. The highest BCUT2D eigenvalue weighted by atomic mass is 16.2. The Bertz CT molecular complexity index is 803. The molecule has 0 unspecified atom stereocenters. The Morgan fingerprint density at radius 3 is 1.86 bits per heavy atom. The third-order valence-electron chi connectivity index (χ3n) is 4.91. The summed E-state index contributed by atoms with van der Waals surface area (Å²) in [6.07, 6.45) is 0. The van der Waals surface area contributed by atoms with Gasteiger partial charge in [-0.15, -0.1) is 0 Å². The van der Waals surface area contributed by atoms with Gasteiger partial charge in [0.2, 0.25) is 0 Å². The summed E-state index contributed by atoms with van der Waals surface area (Å²) in [7, 11) is 0. The van der Waals surface area contributed by atoms with Crippen LogP contribution in [0.15, 0.2) is 48.5 Å². The highest BCUT2D eigenvalue weighted by molar-refractivity contribution is 6.01. The summed E-state index contributed by atoms with van der Waals surface area (Å²) in [6.45, 7) is 12.7. The van der Waals surface area contributed by atoms with E-state index < -0.39 is 12.1 Å². The molecule has 0 fully saturated rings. The fourth-order valence-electron chi connectivity index (χ4n) is 3.28. The zero-order valence-corrected chi connectivity index (χ0v) is 18.3. The van der Waals surface area contributed by atoms with Crippen LogP contribution in [0.1, 0.15) is 70.1 Å². The standard InChI is InChI=1S/C24H33N3O2/c1-16(2)20-13-10-14-21(17(3)4)22(20)25-23(28)26-24(29)27(18(5)6)15-19-11-8-7-9-12-19/h7-14,16-18H,15H2,1-6H3,(H2,25,26,28,29). The van der Waals surface area contributed by atoms with Crippen LogP contribution in [0.2, 0.25) is 0 Å². The van der Waals surface area contributed by atoms with Gasteiger partial charge in [0.25, 0.3) is 0 Å². The van der Waals surface area contributed by atoms with Gasteiger partial charge in [0.15, 0.2) is 0 Å². The molecule has 5 nitrogen and oxygen atoms in total. The molecule has 0 spiro atoms. The molecular formula is C24H33N3O2. The molecular weight excluding hydrogens is 362 g/mol. The number of amides is 4. The maximum Gasteiger partial charge on any atom is 0.327 e. The van der Waals surface area contributed by atoms with Crippen LogP contribution >= 0.6 is 0 Å². The molecule has 0 radical (unpaired) electrons. The van der Waals surface area contributed by atoms with Gasteiger partial charge in [0, 0.05) is 18.3 Å². The largest absolute Gasteiger partial charge is 0.327 e. The van der Waals surface area contributed by atoms with Crippen molar-refractivity contribution in [2.24, 2.45) is 0 Å². The summed E-state index contributed by atoms with van der Waals surface area (Å²) in [5.74, 6) is 0.509. The van der Waals surface area contributed by atoms with Crippen LogP contribution in [0.3, 0.4) is 0 Å². The lowest BCUT2D eigenvalue weighted by Gasteiger charge is -2.27. The topological polar surface area (TPSA) is 61.4 Å². The van der Waals surface area contributed by atoms with E-state index in [9.17, 15) is 9.59 Å². The number of para-hydroxylation sites is 1. The Morgan fingerprint density at radius 2 is 1.38 bits per heavy atom. The van der Waals surface area contributed by atoms with Gasteiger partial charge in [-0.1, -0.05) is 76.2 Å². The predicted molar refractivity (Wildman–Crippen MR) is 119 cm³/mol. The summed E-state index contributed by atoms with van der Waals surface area (Å²) in [4.78, 5) is 27.1. The number of nitrogens with one attached hydrogen (secondary N) is 2. The first-order valence-electron chi connectivity index (χ1n) is 10.3.